The standard InChI is InChI=1S/C18H22N10O5S3/c1-7(19)3-33-24-10(9-6-35-17(20)21-9)13(29)22-11-14(30)28-12(16(31)32)8(4-34-15(11)28)5-36-18-23-25-26-27(18)2/h6-7,11,15H,3-5,19H2,1-2H3,(H2,20,21)(H,22,29)(H,31,32)/b24-10+. The van der Waals surface area contributed by atoms with Gasteiger partial charge in [-0.25, -0.2) is 14.5 Å². The Morgan fingerprint density at radius 2 is 2.25 bits per heavy atom. The number of aromatic nitrogens is 5. The van der Waals surface area contributed by atoms with E-state index in [0.29, 0.717) is 16.5 Å². The van der Waals surface area contributed by atoms with Crippen molar-refractivity contribution in [3.63, 3.8) is 0 Å². The summed E-state index contributed by atoms with van der Waals surface area (Å²) in [6.07, 6.45) is 0. The van der Waals surface area contributed by atoms with Gasteiger partial charge in [-0.3, -0.25) is 14.5 Å². The number of amides is 2. The lowest BCUT2D eigenvalue weighted by Gasteiger charge is -2.49. The molecule has 4 rings (SSSR count). The zero-order chi connectivity index (χ0) is 26.0. The predicted octanol–water partition coefficient (Wildman–Crippen LogP) is -1.15. The fourth-order valence-corrected chi connectivity index (χ4v) is 6.20. The van der Waals surface area contributed by atoms with Crippen LogP contribution in [0.4, 0.5) is 5.13 Å². The third-order valence-electron chi connectivity index (χ3n) is 4.97. The maximum Gasteiger partial charge on any atom is 0.352 e. The number of hydrogen-bond donors (Lipinski definition) is 4. The number of anilines is 1. The molecule has 2 aromatic heterocycles. The zero-order valence-corrected chi connectivity index (χ0v) is 21.5. The van der Waals surface area contributed by atoms with Gasteiger partial charge < -0.3 is 26.7 Å². The molecule has 2 aliphatic heterocycles. The topological polar surface area (TPSA) is 217 Å². The minimum Gasteiger partial charge on any atom is -0.477 e. The lowest BCUT2D eigenvalue weighted by atomic mass is 10.0. The summed E-state index contributed by atoms with van der Waals surface area (Å²) in [6, 6.07) is -1.28. The molecule has 1 fully saturated rings. The van der Waals surface area contributed by atoms with Gasteiger partial charge in [-0.15, -0.1) is 28.2 Å². The average molecular weight is 555 g/mol. The van der Waals surface area contributed by atoms with E-state index < -0.39 is 29.2 Å². The van der Waals surface area contributed by atoms with Gasteiger partial charge in [-0.2, -0.15) is 0 Å². The fraction of sp³-hybridized carbons (Fsp3) is 0.444. The molecule has 2 aliphatic rings. The van der Waals surface area contributed by atoms with E-state index in [1.807, 2.05) is 0 Å². The Bertz CT molecular complexity index is 1240. The minimum atomic E-state index is -1.23. The molecule has 4 heterocycles. The van der Waals surface area contributed by atoms with E-state index in [9.17, 15) is 19.5 Å². The molecule has 0 radical (unpaired) electrons. The smallest absolute Gasteiger partial charge is 0.352 e. The molecule has 0 bridgehead atoms. The van der Waals surface area contributed by atoms with Gasteiger partial charge >= 0.3 is 5.97 Å². The lowest BCUT2D eigenvalue weighted by molar-refractivity contribution is -0.150. The monoisotopic (exact) mass is 554 g/mol. The summed E-state index contributed by atoms with van der Waals surface area (Å²) in [5.41, 5.74) is 11.8. The molecule has 3 unspecified atom stereocenters. The number of thioether (sulfide) groups is 2. The van der Waals surface area contributed by atoms with Gasteiger partial charge in [0.25, 0.3) is 11.8 Å². The van der Waals surface area contributed by atoms with E-state index in [4.69, 9.17) is 16.3 Å². The van der Waals surface area contributed by atoms with Crippen LogP contribution in [-0.4, -0.2) is 94.3 Å². The van der Waals surface area contributed by atoms with Gasteiger partial charge in [0.1, 0.15) is 29.4 Å². The molecule has 0 spiro atoms. The number of fused-ring (bicyclic) bond motifs is 1. The number of β-lactam (4-membered cyclic amide) rings is 1. The SMILES string of the molecule is CC(N)CO/N=C(/C(=O)NC1C(=O)N2C(C(=O)O)=C(CSc3nnnn3C)CSC12)c1csc(N)n1. The molecule has 0 saturated carbocycles. The van der Waals surface area contributed by atoms with Crippen molar-refractivity contribution in [2.45, 2.75) is 29.5 Å². The molecule has 192 valence electrons. The number of tetrazole rings is 1. The fourth-order valence-electron chi connectivity index (χ4n) is 3.32. The second-order valence-corrected chi connectivity index (χ2v) is 10.7. The first kappa shape index (κ1) is 25.9. The molecular weight excluding hydrogens is 532 g/mol. The number of oxime groups is 1. The van der Waals surface area contributed by atoms with Crippen LogP contribution in [0.15, 0.2) is 27.0 Å². The summed E-state index contributed by atoms with van der Waals surface area (Å²) < 4.78 is 1.47. The van der Waals surface area contributed by atoms with Crippen LogP contribution in [0.25, 0.3) is 0 Å². The van der Waals surface area contributed by atoms with Crippen LogP contribution in [0, 0.1) is 0 Å². The molecular formula is C18H22N10O5S3. The number of nitrogen functional groups attached to an aromatic ring is 1. The Morgan fingerprint density at radius 1 is 1.47 bits per heavy atom. The van der Waals surface area contributed by atoms with Crippen molar-refractivity contribution in [3.8, 4) is 0 Å². The van der Waals surface area contributed by atoms with Gasteiger partial charge in [-0.1, -0.05) is 16.9 Å². The number of carbonyl (C=O) groups excluding carboxylic acids is 2. The summed E-state index contributed by atoms with van der Waals surface area (Å²) in [5.74, 6) is -1.85. The van der Waals surface area contributed by atoms with Crippen LogP contribution in [0.1, 0.15) is 12.6 Å². The maximum absolute atomic E-state index is 13.0. The summed E-state index contributed by atoms with van der Waals surface area (Å²) in [5, 5.41) is 29.2. The number of nitrogens with one attached hydrogen (secondary N) is 1. The van der Waals surface area contributed by atoms with Crippen LogP contribution in [0.2, 0.25) is 0 Å². The molecule has 18 heteroatoms. The summed E-state index contributed by atoms with van der Waals surface area (Å²) in [6.45, 7) is 1.77. The Labute approximate surface area is 216 Å². The third-order valence-corrected chi connectivity index (χ3v) is 8.08. The van der Waals surface area contributed by atoms with Crippen LogP contribution in [0.5, 0.6) is 0 Å². The molecule has 15 nitrogen and oxygen atoms in total. The van der Waals surface area contributed by atoms with Gasteiger partial charge in [0.05, 0.1) is 0 Å². The van der Waals surface area contributed by atoms with Crippen LogP contribution < -0.4 is 16.8 Å². The van der Waals surface area contributed by atoms with Crippen LogP contribution >= 0.6 is 34.9 Å². The van der Waals surface area contributed by atoms with Crippen molar-refractivity contribution in [1.29, 1.82) is 0 Å². The highest BCUT2D eigenvalue weighted by molar-refractivity contribution is 8.01. The molecule has 0 aliphatic carbocycles. The summed E-state index contributed by atoms with van der Waals surface area (Å²) in [4.78, 5) is 48.5. The normalized spacial score (nSPS) is 20.6. The van der Waals surface area contributed by atoms with Crippen molar-refractivity contribution in [2.75, 3.05) is 23.8 Å². The van der Waals surface area contributed by atoms with E-state index in [1.165, 1.54) is 38.5 Å². The Morgan fingerprint density at radius 3 is 2.86 bits per heavy atom. The highest BCUT2D eigenvalue weighted by Crippen LogP contribution is 2.41. The van der Waals surface area contributed by atoms with Crippen molar-refractivity contribution < 1.29 is 24.3 Å². The van der Waals surface area contributed by atoms with E-state index in [0.717, 1.165) is 11.3 Å². The maximum atomic E-state index is 13.0. The number of rotatable bonds is 10. The number of carboxylic acids is 1. The number of nitrogens with two attached hydrogens (primary N) is 2. The molecule has 2 amide bonds. The largest absolute Gasteiger partial charge is 0.477 e. The van der Waals surface area contributed by atoms with Crippen molar-refractivity contribution >= 4 is 63.5 Å². The molecule has 0 aromatic carbocycles. The highest BCUT2D eigenvalue weighted by atomic mass is 32.2. The quantitative estimate of drug-likeness (QED) is 0.118. The third kappa shape index (κ3) is 5.30. The number of thiazole rings is 1. The number of aliphatic carboxylic acids is 1. The van der Waals surface area contributed by atoms with E-state index >= 15 is 0 Å². The number of carboxylic acid groups (broad SMARTS) is 1. The van der Waals surface area contributed by atoms with Gasteiger partial charge in [0, 0.05) is 30.0 Å². The lowest BCUT2D eigenvalue weighted by Crippen LogP contribution is -2.71. The second kappa shape index (κ2) is 10.8. The molecule has 36 heavy (non-hydrogen) atoms. The first-order valence-corrected chi connectivity index (χ1v) is 13.3. The Balaban J connectivity index is 1.49. The van der Waals surface area contributed by atoms with Gasteiger partial charge in [0.2, 0.25) is 5.16 Å². The molecule has 2 aromatic rings. The number of hydrogen-bond acceptors (Lipinski definition) is 14. The Hall–Kier alpha value is -3.22. The average Bonchev–Trinajstić information content (AvgIpc) is 3.45. The molecule has 1 saturated heterocycles. The first-order valence-electron chi connectivity index (χ1n) is 10.4. The van der Waals surface area contributed by atoms with Crippen molar-refractivity contribution in [2.24, 2.45) is 17.9 Å². The van der Waals surface area contributed by atoms with Gasteiger partial charge in [-0.05, 0) is 22.9 Å². The van der Waals surface area contributed by atoms with Crippen molar-refractivity contribution in [3.05, 3.63) is 22.3 Å². The zero-order valence-electron chi connectivity index (χ0n) is 19.0. The number of aryl methyl sites for hydroxylation is 1. The van der Waals surface area contributed by atoms with Crippen molar-refractivity contribution in [1.82, 2.24) is 35.4 Å². The van der Waals surface area contributed by atoms with E-state index in [1.54, 1.807) is 14.0 Å². The Kier molecular flexibility index (Phi) is 7.76. The van der Waals surface area contributed by atoms with E-state index in [2.05, 4.69) is 31.0 Å². The number of carbonyl (C=O) groups is 3. The highest BCUT2D eigenvalue weighted by Gasteiger charge is 2.54. The number of nitrogens with zero attached hydrogens (tertiary/aromatic N) is 7. The molecule has 6 N–H and O–H groups in total. The second-order valence-electron chi connectivity index (χ2n) is 7.78. The predicted molar refractivity (Wildman–Crippen MR) is 132 cm³/mol. The summed E-state index contributed by atoms with van der Waals surface area (Å²) in [7, 11) is 1.67. The molecule has 3 atom stereocenters. The van der Waals surface area contributed by atoms with Gasteiger partial charge in [0.15, 0.2) is 10.8 Å². The first-order chi connectivity index (χ1) is 17.2. The van der Waals surface area contributed by atoms with Crippen LogP contribution in [-0.2, 0) is 26.3 Å². The summed E-state index contributed by atoms with van der Waals surface area (Å²) >= 11 is 3.73. The van der Waals surface area contributed by atoms with E-state index in [-0.39, 0.29) is 40.6 Å². The van der Waals surface area contributed by atoms with Crippen LogP contribution in [0.3, 0.4) is 0 Å². The minimum absolute atomic E-state index is 0.0585.